The number of aliphatic carboxylic acids is 1. The van der Waals surface area contributed by atoms with Crippen LogP contribution in [-0.4, -0.2) is 67.4 Å². The van der Waals surface area contributed by atoms with Crippen molar-refractivity contribution in [3.8, 4) is 11.5 Å². The van der Waals surface area contributed by atoms with Crippen molar-refractivity contribution in [2.75, 3.05) is 13.7 Å². The number of fused-ring (bicyclic) bond motifs is 1. The van der Waals surface area contributed by atoms with E-state index in [9.17, 15) is 14.7 Å². The summed E-state index contributed by atoms with van der Waals surface area (Å²) < 4.78 is 40.8. The molecule has 184 valence electrons. The first-order valence-corrected chi connectivity index (χ1v) is 10.8. The lowest BCUT2D eigenvalue weighted by Crippen LogP contribution is -2.68. The number of hydrogen-bond acceptors (Lipinski definition) is 9. The summed E-state index contributed by atoms with van der Waals surface area (Å²) in [6.45, 7) is 2.83. The molecule has 11 heteroatoms. The number of benzene rings is 1. The van der Waals surface area contributed by atoms with Crippen LogP contribution in [0.2, 0.25) is 0 Å². The van der Waals surface area contributed by atoms with Crippen LogP contribution in [0.4, 0.5) is 0 Å². The summed E-state index contributed by atoms with van der Waals surface area (Å²) in [6, 6.07) is 9.43. The Bertz CT molecular complexity index is 980. The number of amides is 1. The van der Waals surface area contributed by atoms with Crippen LogP contribution in [-0.2, 0) is 28.5 Å². The Hall–Kier alpha value is -3.12. The number of nitrogens with one attached hydrogen (secondary N) is 1. The van der Waals surface area contributed by atoms with E-state index < -0.39 is 49.0 Å². The Morgan fingerprint density at radius 1 is 1.15 bits per heavy atom. The largest absolute Gasteiger partial charge is 0.493 e. The average Bonchev–Trinajstić information content (AvgIpc) is 3.36. The van der Waals surface area contributed by atoms with Crippen LogP contribution in [0.5, 0.6) is 11.5 Å². The van der Waals surface area contributed by atoms with E-state index in [2.05, 4.69) is 5.32 Å². The highest BCUT2D eigenvalue weighted by atomic mass is 16.8. The fourth-order valence-corrected chi connectivity index (χ4v) is 3.93. The van der Waals surface area contributed by atoms with Crippen molar-refractivity contribution in [1.82, 2.24) is 5.32 Å². The summed E-state index contributed by atoms with van der Waals surface area (Å²) in [6.07, 6.45) is -4.03. The van der Waals surface area contributed by atoms with Crippen molar-refractivity contribution in [3.05, 3.63) is 48.4 Å². The molecular weight excluding hydrogens is 450 g/mol. The Morgan fingerprint density at radius 2 is 1.91 bits per heavy atom. The van der Waals surface area contributed by atoms with Crippen molar-refractivity contribution >= 4 is 11.9 Å². The highest BCUT2D eigenvalue weighted by Gasteiger charge is 2.53. The molecule has 1 aromatic heterocycles. The van der Waals surface area contributed by atoms with Gasteiger partial charge in [0.1, 0.15) is 24.4 Å². The van der Waals surface area contributed by atoms with E-state index in [1.54, 1.807) is 36.4 Å². The number of hydrogen-bond donors (Lipinski definition) is 2. The monoisotopic (exact) mass is 477 g/mol. The molecular formula is C23H27NO10. The van der Waals surface area contributed by atoms with Gasteiger partial charge in [-0.1, -0.05) is 12.1 Å². The van der Waals surface area contributed by atoms with Crippen LogP contribution < -0.4 is 14.8 Å². The minimum absolute atomic E-state index is 0.0932. The smallest absolute Gasteiger partial charge is 0.332 e. The first-order valence-electron chi connectivity index (χ1n) is 10.8. The van der Waals surface area contributed by atoms with E-state index in [0.717, 1.165) is 0 Å². The van der Waals surface area contributed by atoms with Crippen LogP contribution in [0.3, 0.4) is 0 Å². The quantitative estimate of drug-likeness (QED) is 0.580. The van der Waals surface area contributed by atoms with E-state index in [4.69, 9.17) is 32.8 Å². The molecule has 7 atom stereocenters. The summed E-state index contributed by atoms with van der Waals surface area (Å²) >= 11 is 0. The molecule has 7 unspecified atom stereocenters. The van der Waals surface area contributed by atoms with Gasteiger partial charge in [-0.3, -0.25) is 4.79 Å². The van der Waals surface area contributed by atoms with Crippen LogP contribution in [0.15, 0.2) is 47.1 Å². The van der Waals surface area contributed by atoms with Gasteiger partial charge in [0, 0.05) is 6.92 Å². The fourth-order valence-electron chi connectivity index (χ4n) is 3.93. The number of ether oxygens (including phenoxy) is 6. The molecule has 0 radical (unpaired) electrons. The standard InChI is InChI=1S/C23H27NO10/c1-12(21(26)27)31-20-18(24-13(2)25)23(32-15-8-5-4-7-14(15)28-3)33-17-11-30-22(34-19(17)20)16-9-6-10-29-16/h4-10,12,17-20,22-23H,11H2,1-3H3,(H,24,25)(H,26,27). The first kappa shape index (κ1) is 24.0. The molecule has 0 bridgehead atoms. The average molecular weight is 477 g/mol. The van der Waals surface area contributed by atoms with E-state index >= 15 is 0 Å². The van der Waals surface area contributed by atoms with E-state index in [1.165, 1.54) is 27.2 Å². The van der Waals surface area contributed by atoms with Crippen molar-refractivity contribution < 1.29 is 47.5 Å². The second-order valence-electron chi connectivity index (χ2n) is 7.90. The lowest BCUT2D eigenvalue weighted by molar-refractivity contribution is -0.343. The van der Waals surface area contributed by atoms with Crippen LogP contribution in [0.1, 0.15) is 25.9 Å². The number of para-hydroxylation sites is 2. The fraction of sp³-hybridized carbons (Fsp3) is 0.478. The summed E-state index contributed by atoms with van der Waals surface area (Å²) in [5.41, 5.74) is 0. The van der Waals surface area contributed by atoms with Gasteiger partial charge in [-0.25, -0.2) is 4.79 Å². The van der Waals surface area contributed by atoms with Gasteiger partial charge in [-0.2, -0.15) is 0 Å². The molecule has 2 fully saturated rings. The maximum absolute atomic E-state index is 12.1. The molecule has 0 spiro atoms. The van der Waals surface area contributed by atoms with Gasteiger partial charge >= 0.3 is 5.97 Å². The van der Waals surface area contributed by atoms with Gasteiger partial charge in [-0.15, -0.1) is 0 Å². The van der Waals surface area contributed by atoms with Crippen molar-refractivity contribution in [1.29, 1.82) is 0 Å². The zero-order valence-corrected chi connectivity index (χ0v) is 18.9. The van der Waals surface area contributed by atoms with Crippen molar-refractivity contribution in [2.45, 2.75) is 56.9 Å². The molecule has 2 aliphatic heterocycles. The first-order chi connectivity index (χ1) is 16.4. The predicted octanol–water partition coefficient (Wildman–Crippen LogP) is 1.87. The maximum atomic E-state index is 12.1. The number of carbonyl (C=O) groups is 2. The molecule has 1 aromatic carbocycles. The molecule has 11 nitrogen and oxygen atoms in total. The van der Waals surface area contributed by atoms with Gasteiger partial charge in [0.05, 0.1) is 20.0 Å². The summed E-state index contributed by atoms with van der Waals surface area (Å²) in [7, 11) is 1.50. The number of carbonyl (C=O) groups excluding carboxylic acids is 1. The summed E-state index contributed by atoms with van der Waals surface area (Å²) in [5.74, 6) is -0.277. The third-order valence-corrected chi connectivity index (χ3v) is 5.51. The lowest BCUT2D eigenvalue weighted by Gasteiger charge is -2.49. The molecule has 2 N–H and O–H groups in total. The lowest BCUT2D eigenvalue weighted by atomic mass is 9.95. The van der Waals surface area contributed by atoms with E-state index in [1.807, 2.05) is 0 Å². The summed E-state index contributed by atoms with van der Waals surface area (Å²) in [4.78, 5) is 23.7. The number of carboxylic acid groups (broad SMARTS) is 1. The molecule has 2 aromatic rings. The van der Waals surface area contributed by atoms with Gasteiger partial charge in [-0.05, 0) is 31.2 Å². The number of furan rings is 1. The second-order valence-corrected chi connectivity index (χ2v) is 7.90. The Labute approximate surface area is 195 Å². The minimum Gasteiger partial charge on any atom is -0.493 e. The highest BCUT2D eigenvalue weighted by Crippen LogP contribution is 2.37. The Morgan fingerprint density at radius 3 is 2.56 bits per heavy atom. The van der Waals surface area contributed by atoms with Crippen LogP contribution >= 0.6 is 0 Å². The molecule has 3 heterocycles. The number of methoxy groups -OCH3 is 1. The second kappa shape index (κ2) is 10.4. The molecule has 2 aliphatic rings. The minimum atomic E-state index is -1.19. The van der Waals surface area contributed by atoms with Gasteiger partial charge in [0.15, 0.2) is 23.4 Å². The zero-order valence-electron chi connectivity index (χ0n) is 18.9. The topological polar surface area (TPSA) is 135 Å². The third kappa shape index (κ3) is 5.17. The predicted molar refractivity (Wildman–Crippen MR) is 114 cm³/mol. The highest BCUT2D eigenvalue weighted by molar-refractivity contribution is 5.73. The Kier molecular flexibility index (Phi) is 7.37. The molecule has 2 saturated heterocycles. The summed E-state index contributed by atoms with van der Waals surface area (Å²) in [5, 5.41) is 12.3. The number of carboxylic acids is 1. The van der Waals surface area contributed by atoms with Gasteiger partial charge in [0.2, 0.25) is 18.5 Å². The molecule has 1 amide bonds. The molecule has 0 aliphatic carbocycles. The van der Waals surface area contributed by atoms with Crippen molar-refractivity contribution in [2.24, 2.45) is 0 Å². The van der Waals surface area contributed by atoms with Crippen molar-refractivity contribution in [3.63, 3.8) is 0 Å². The normalized spacial score (nSPS) is 29.5. The van der Waals surface area contributed by atoms with Gasteiger partial charge < -0.3 is 43.3 Å². The van der Waals surface area contributed by atoms with E-state index in [0.29, 0.717) is 17.3 Å². The Balaban J connectivity index is 1.66. The van der Waals surface area contributed by atoms with Gasteiger partial charge in [0.25, 0.3) is 0 Å². The third-order valence-electron chi connectivity index (χ3n) is 5.51. The zero-order chi connectivity index (χ0) is 24.2. The SMILES string of the molecule is COc1ccccc1OC1OC2COC(c3ccco3)OC2C(OC(C)C(=O)O)C1NC(C)=O. The number of rotatable bonds is 8. The van der Waals surface area contributed by atoms with Crippen LogP contribution in [0, 0.1) is 0 Å². The van der Waals surface area contributed by atoms with E-state index in [-0.39, 0.29) is 12.5 Å². The maximum Gasteiger partial charge on any atom is 0.332 e. The molecule has 0 saturated carbocycles. The van der Waals surface area contributed by atoms with Crippen LogP contribution in [0.25, 0.3) is 0 Å². The molecule has 34 heavy (non-hydrogen) atoms. The molecule has 4 rings (SSSR count).